The van der Waals surface area contributed by atoms with E-state index in [4.69, 9.17) is 4.74 Å². The standard InChI is InChI=1S/C17H21N3O2/c1-22-16-8-11-20(12-16)15-6-4-14(5-7-15)18-17(21)13-19-9-2-3-10-19/h2-7,9-10,16H,8,11-13H2,1H3,(H,18,21)/t16-/m0/s1. The van der Waals surface area contributed by atoms with E-state index in [1.807, 2.05) is 53.4 Å². The molecule has 0 spiro atoms. The van der Waals surface area contributed by atoms with Crippen molar-refractivity contribution in [1.82, 2.24) is 4.57 Å². The van der Waals surface area contributed by atoms with E-state index in [0.29, 0.717) is 12.6 Å². The van der Waals surface area contributed by atoms with Crippen LogP contribution in [-0.2, 0) is 16.1 Å². The van der Waals surface area contributed by atoms with E-state index in [2.05, 4.69) is 10.2 Å². The molecule has 0 radical (unpaired) electrons. The van der Waals surface area contributed by atoms with Gasteiger partial charge in [0, 0.05) is 44.0 Å². The van der Waals surface area contributed by atoms with Crippen molar-refractivity contribution in [2.24, 2.45) is 0 Å². The molecule has 5 nitrogen and oxygen atoms in total. The van der Waals surface area contributed by atoms with Gasteiger partial charge in [0.1, 0.15) is 6.54 Å². The molecule has 0 bridgehead atoms. The maximum atomic E-state index is 11.9. The summed E-state index contributed by atoms with van der Waals surface area (Å²) in [6, 6.07) is 11.8. The van der Waals surface area contributed by atoms with Crippen molar-refractivity contribution in [3.63, 3.8) is 0 Å². The van der Waals surface area contributed by atoms with Crippen molar-refractivity contribution < 1.29 is 9.53 Å². The SMILES string of the molecule is CO[C@H]1CCN(c2ccc(NC(=O)Cn3cccc3)cc2)C1. The molecule has 1 saturated heterocycles. The van der Waals surface area contributed by atoms with Gasteiger partial charge in [0.25, 0.3) is 0 Å². The maximum Gasteiger partial charge on any atom is 0.244 e. The highest BCUT2D eigenvalue weighted by Crippen LogP contribution is 2.23. The fraction of sp³-hybridized carbons (Fsp3) is 0.353. The molecule has 1 aromatic heterocycles. The zero-order valence-electron chi connectivity index (χ0n) is 12.7. The second kappa shape index (κ2) is 6.66. The molecular formula is C17H21N3O2. The van der Waals surface area contributed by atoms with Gasteiger partial charge < -0.3 is 19.5 Å². The zero-order chi connectivity index (χ0) is 15.4. The fourth-order valence-electron chi connectivity index (χ4n) is 2.75. The third-order valence-electron chi connectivity index (χ3n) is 3.99. The number of hydrogen-bond acceptors (Lipinski definition) is 3. The van der Waals surface area contributed by atoms with Crippen molar-refractivity contribution in [1.29, 1.82) is 0 Å². The van der Waals surface area contributed by atoms with E-state index in [1.165, 1.54) is 5.69 Å². The van der Waals surface area contributed by atoms with E-state index < -0.39 is 0 Å². The van der Waals surface area contributed by atoms with Gasteiger partial charge in [0.15, 0.2) is 0 Å². The van der Waals surface area contributed by atoms with Crippen LogP contribution >= 0.6 is 0 Å². The van der Waals surface area contributed by atoms with Crippen LogP contribution in [-0.4, -0.2) is 36.8 Å². The first-order chi connectivity index (χ1) is 10.7. The molecule has 0 aliphatic carbocycles. The van der Waals surface area contributed by atoms with E-state index in [0.717, 1.165) is 25.2 Å². The van der Waals surface area contributed by atoms with Crippen LogP contribution in [0.3, 0.4) is 0 Å². The molecule has 1 aromatic carbocycles. The number of amides is 1. The second-order valence-corrected chi connectivity index (χ2v) is 5.54. The Labute approximate surface area is 130 Å². The largest absolute Gasteiger partial charge is 0.380 e. The Morgan fingerprint density at radius 2 is 2.00 bits per heavy atom. The van der Waals surface area contributed by atoms with Crippen LogP contribution in [0.4, 0.5) is 11.4 Å². The lowest BCUT2D eigenvalue weighted by Gasteiger charge is -2.18. The molecule has 0 saturated carbocycles. The number of methoxy groups -OCH3 is 1. The van der Waals surface area contributed by atoms with Crippen molar-refractivity contribution in [3.8, 4) is 0 Å². The highest BCUT2D eigenvalue weighted by atomic mass is 16.5. The molecule has 22 heavy (non-hydrogen) atoms. The number of nitrogens with zero attached hydrogens (tertiary/aromatic N) is 2. The zero-order valence-corrected chi connectivity index (χ0v) is 12.7. The highest BCUT2D eigenvalue weighted by molar-refractivity contribution is 5.90. The Morgan fingerprint density at radius 3 is 2.64 bits per heavy atom. The van der Waals surface area contributed by atoms with Gasteiger partial charge in [-0.15, -0.1) is 0 Å². The molecule has 2 heterocycles. The van der Waals surface area contributed by atoms with Gasteiger partial charge in [-0.1, -0.05) is 0 Å². The third-order valence-corrected chi connectivity index (χ3v) is 3.99. The number of carbonyl (C=O) groups is 1. The first-order valence-corrected chi connectivity index (χ1v) is 7.53. The van der Waals surface area contributed by atoms with Crippen LogP contribution in [0.5, 0.6) is 0 Å². The van der Waals surface area contributed by atoms with Gasteiger partial charge >= 0.3 is 0 Å². The summed E-state index contributed by atoms with van der Waals surface area (Å²) >= 11 is 0. The predicted octanol–water partition coefficient (Wildman–Crippen LogP) is 2.35. The molecule has 1 aliphatic heterocycles. The van der Waals surface area contributed by atoms with Gasteiger partial charge in [-0.05, 0) is 42.8 Å². The Hall–Kier alpha value is -2.27. The van der Waals surface area contributed by atoms with Crippen molar-refractivity contribution in [3.05, 3.63) is 48.8 Å². The number of aromatic nitrogens is 1. The Kier molecular flexibility index (Phi) is 4.44. The first kappa shape index (κ1) is 14.7. The van der Waals surface area contributed by atoms with Crippen molar-refractivity contribution in [2.45, 2.75) is 19.1 Å². The van der Waals surface area contributed by atoms with Gasteiger partial charge in [0.05, 0.1) is 6.10 Å². The second-order valence-electron chi connectivity index (χ2n) is 5.54. The summed E-state index contributed by atoms with van der Waals surface area (Å²) in [5.74, 6) is -0.0235. The van der Waals surface area contributed by atoms with E-state index in [9.17, 15) is 4.79 Å². The quantitative estimate of drug-likeness (QED) is 0.922. The average Bonchev–Trinajstić information content (AvgIpc) is 3.19. The highest BCUT2D eigenvalue weighted by Gasteiger charge is 2.21. The lowest BCUT2D eigenvalue weighted by Crippen LogP contribution is -2.22. The molecular weight excluding hydrogens is 278 g/mol. The molecule has 2 aromatic rings. The number of rotatable bonds is 5. The number of ether oxygens (including phenoxy) is 1. The molecule has 3 rings (SSSR count). The van der Waals surface area contributed by atoms with Gasteiger partial charge in [0.2, 0.25) is 5.91 Å². The summed E-state index contributed by atoms with van der Waals surface area (Å²) in [6.45, 7) is 2.27. The van der Waals surface area contributed by atoms with Crippen molar-refractivity contribution >= 4 is 17.3 Å². The minimum atomic E-state index is -0.0235. The van der Waals surface area contributed by atoms with Gasteiger partial charge in [-0.2, -0.15) is 0 Å². The Bertz CT molecular complexity index is 607. The summed E-state index contributed by atoms with van der Waals surface area (Å²) in [6.07, 6.45) is 5.14. The Balaban J connectivity index is 1.56. The van der Waals surface area contributed by atoms with Crippen LogP contribution < -0.4 is 10.2 Å². The normalized spacial score (nSPS) is 17.7. The summed E-state index contributed by atoms with van der Waals surface area (Å²) < 4.78 is 7.23. The lowest BCUT2D eigenvalue weighted by atomic mass is 10.2. The predicted molar refractivity (Wildman–Crippen MR) is 87.1 cm³/mol. The van der Waals surface area contributed by atoms with Gasteiger partial charge in [-0.3, -0.25) is 4.79 Å². The molecule has 1 aliphatic rings. The topological polar surface area (TPSA) is 46.5 Å². The number of hydrogen-bond donors (Lipinski definition) is 1. The average molecular weight is 299 g/mol. The number of benzene rings is 1. The van der Waals surface area contributed by atoms with E-state index in [1.54, 1.807) is 7.11 Å². The van der Waals surface area contributed by atoms with Crippen LogP contribution in [0.25, 0.3) is 0 Å². The minimum Gasteiger partial charge on any atom is -0.380 e. The Morgan fingerprint density at radius 1 is 1.27 bits per heavy atom. The first-order valence-electron chi connectivity index (χ1n) is 7.53. The monoisotopic (exact) mass is 299 g/mol. The third kappa shape index (κ3) is 3.49. The molecule has 1 N–H and O–H groups in total. The molecule has 0 unspecified atom stereocenters. The van der Waals surface area contributed by atoms with E-state index in [-0.39, 0.29) is 5.91 Å². The van der Waals surface area contributed by atoms with Crippen molar-refractivity contribution in [2.75, 3.05) is 30.4 Å². The van der Waals surface area contributed by atoms with E-state index >= 15 is 0 Å². The van der Waals surface area contributed by atoms with Gasteiger partial charge in [-0.25, -0.2) is 0 Å². The molecule has 1 amide bonds. The van der Waals surface area contributed by atoms with Crippen LogP contribution in [0.2, 0.25) is 0 Å². The number of carbonyl (C=O) groups excluding carboxylic acids is 1. The smallest absolute Gasteiger partial charge is 0.244 e. The summed E-state index contributed by atoms with van der Waals surface area (Å²) in [4.78, 5) is 14.2. The molecule has 1 fully saturated rings. The molecule has 5 heteroatoms. The summed E-state index contributed by atoms with van der Waals surface area (Å²) in [7, 11) is 1.76. The van der Waals surface area contributed by atoms with Crippen LogP contribution in [0.15, 0.2) is 48.8 Å². The number of anilines is 2. The fourth-order valence-corrected chi connectivity index (χ4v) is 2.75. The number of nitrogens with one attached hydrogen (secondary N) is 1. The minimum absolute atomic E-state index is 0.0235. The van der Waals surface area contributed by atoms with Crippen LogP contribution in [0, 0.1) is 0 Å². The summed E-state index contributed by atoms with van der Waals surface area (Å²) in [5, 5.41) is 2.91. The van der Waals surface area contributed by atoms with Crippen LogP contribution in [0.1, 0.15) is 6.42 Å². The molecule has 1 atom stereocenters. The summed E-state index contributed by atoms with van der Waals surface area (Å²) in [5.41, 5.74) is 1.99. The maximum absolute atomic E-state index is 11.9. The molecule has 116 valence electrons. The lowest BCUT2D eigenvalue weighted by molar-refractivity contribution is -0.116.